The van der Waals surface area contributed by atoms with Gasteiger partial charge >= 0.3 is 0 Å². The molecule has 1 aromatic carbocycles. The van der Waals surface area contributed by atoms with E-state index in [1.54, 1.807) is 22.8 Å². The Morgan fingerprint density at radius 3 is 2.33 bits per heavy atom. The van der Waals surface area contributed by atoms with Crippen LogP contribution in [0.3, 0.4) is 0 Å². The summed E-state index contributed by atoms with van der Waals surface area (Å²) < 4.78 is 18.9. The fourth-order valence-electron chi connectivity index (χ4n) is 2.31. The molecular weight excluding hydrogens is 275 g/mol. The van der Waals surface area contributed by atoms with Gasteiger partial charge in [-0.3, -0.25) is 9.59 Å². The number of amides is 2. The van der Waals surface area contributed by atoms with Crippen LogP contribution in [0.5, 0.6) is 5.75 Å². The third-order valence-corrected chi connectivity index (χ3v) is 3.49. The van der Waals surface area contributed by atoms with E-state index in [4.69, 9.17) is 4.74 Å². The van der Waals surface area contributed by atoms with Crippen LogP contribution in [0, 0.1) is 5.82 Å². The third-order valence-electron chi connectivity index (χ3n) is 3.49. The zero-order valence-corrected chi connectivity index (χ0v) is 12.3. The summed E-state index contributed by atoms with van der Waals surface area (Å²) in [4.78, 5) is 26.9. The minimum Gasteiger partial charge on any atom is -0.491 e. The Morgan fingerprint density at radius 2 is 1.81 bits per heavy atom. The molecule has 0 radical (unpaired) electrons. The lowest BCUT2D eigenvalue weighted by Gasteiger charge is -2.34. The Balaban J connectivity index is 2.04. The Bertz CT molecular complexity index is 540. The van der Waals surface area contributed by atoms with Gasteiger partial charge in [-0.15, -0.1) is 0 Å². The molecule has 2 rings (SSSR count). The van der Waals surface area contributed by atoms with Crippen LogP contribution in [-0.2, 0) is 4.79 Å². The molecule has 6 heteroatoms. The van der Waals surface area contributed by atoms with E-state index in [1.807, 2.05) is 0 Å². The fraction of sp³-hybridized carbons (Fsp3) is 0.467. The van der Waals surface area contributed by atoms with Crippen molar-refractivity contribution in [1.29, 1.82) is 0 Å². The third kappa shape index (κ3) is 3.51. The number of piperazine rings is 1. The maximum atomic E-state index is 13.8. The highest BCUT2D eigenvalue weighted by molar-refractivity contribution is 5.94. The standard InChI is InChI=1S/C15H19FN2O3/c1-3-21-14-5-4-12(10-13(14)16)15(20)18-8-6-17(7-9-18)11(2)19/h4-5,10H,3,6-9H2,1-2H3. The van der Waals surface area contributed by atoms with Gasteiger partial charge in [0, 0.05) is 38.7 Å². The normalized spacial score (nSPS) is 15.0. The fourth-order valence-corrected chi connectivity index (χ4v) is 2.31. The number of halogens is 1. The van der Waals surface area contributed by atoms with Crippen LogP contribution in [-0.4, -0.2) is 54.4 Å². The summed E-state index contributed by atoms with van der Waals surface area (Å²) >= 11 is 0. The number of carbonyl (C=O) groups excluding carboxylic acids is 2. The lowest BCUT2D eigenvalue weighted by atomic mass is 10.1. The SMILES string of the molecule is CCOc1ccc(C(=O)N2CCN(C(C)=O)CC2)cc1F. The molecule has 1 aliphatic rings. The van der Waals surface area contributed by atoms with E-state index >= 15 is 0 Å². The summed E-state index contributed by atoms with van der Waals surface area (Å²) in [6.07, 6.45) is 0. The van der Waals surface area contributed by atoms with Crippen molar-refractivity contribution in [2.75, 3.05) is 32.8 Å². The highest BCUT2D eigenvalue weighted by Gasteiger charge is 2.23. The minimum atomic E-state index is -0.537. The van der Waals surface area contributed by atoms with Gasteiger partial charge < -0.3 is 14.5 Å². The average Bonchev–Trinajstić information content (AvgIpc) is 2.49. The predicted octanol–water partition coefficient (Wildman–Crippen LogP) is 1.53. The van der Waals surface area contributed by atoms with Crippen LogP contribution in [0.15, 0.2) is 18.2 Å². The van der Waals surface area contributed by atoms with Gasteiger partial charge in [0.1, 0.15) is 0 Å². The zero-order valence-electron chi connectivity index (χ0n) is 12.3. The van der Waals surface area contributed by atoms with Crippen LogP contribution < -0.4 is 4.74 Å². The monoisotopic (exact) mass is 294 g/mol. The van der Waals surface area contributed by atoms with Gasteiger partial charge in [-0.1, -0.05) is 0 Å². The molecule has 0 saturated carbocycles. The van der Waals surface area contributed by atoms with Crippen LogP contribution >= 0.6 is 0 Å². The van der Waals surface area contributed by atoms with E-state index in [9.17, 15) is 14.0 Å². The summed E-state index contributed by atoms with van der Waals surface area (Å²) in [5.74, 6) is -0.602. The predicted molar refractivity (Wildman–Crippen MR) is 75.7 cm³/mol. The lowest BCUT2D eigenvalue weighted by molar-refractivity contribution is -0.130. The van der Waals surface area contributed by atoms with Crippen LogP contribution in [0.1, 0.15) is 24.2 Å². The Hall–Kier alpha value is -2.11. The molecule has 0 aliphatic carbocycles. The van der Waals surface area contributed by atoms with Crippen molar-refractivity contribution < 1.29 is 18.7 Å². The van der Waals surface area contributed by atoms with Crippen LogP contribution in [0.4, 0.5) is 4.39 Å². The van der Waals surface area contributed by atoms with Crippen LogP contribution in [0.2, 0.25) is 0 Å². The minimum absolute atomic E-state index is 0.00853. The Kier molecular flexibility index (Phi) is 4.77. The highest BCUT2D eigenvalue weighted by atomic mass is 19.1. The highest BCUT2D eigenvalue weighted by Crippen LogP contribution is 2.19. The number of ether oxygens (including phenoxy) is 1. The van der Waals surface area contributed by atoms with Gasteiger partial charge in [0.25, 0.3) is 5.91 Å². The molecule has 1 aromatic rings. The number of carbonyl (C=O) groups is 2. The molecule has 0 N–H and O–H groups in total. The molecule has 1 heterocycles. The summed E-state index contributed by atoms with van der Waals surface area (Å²) in [5, 5.41) is 0. The number of rotatable bonds is 3. The second-order valence-corrected chi connectivity index (χ2v) is 4.88. The van der Waals surface area contributed by atoms with Gasteiger partial charge in [0.05, 0.1) is 6.61 Å². The second kappa shape index (κ2) is 6.56. The van der Waals surface area contributed by atoms with Gasteiger partial charge in [-0.25, -0.2) is 4.39 Å². The first kappa shape index (κ1) is 15.3. The van der Waals surface area contributed by atoms with E-state index in [1.165, 1.54) is 19.1 Å². The molecule has 0 aromatic heterocycles. The van der Waals surface area contributed by atoms with Crippen molar-refractivity contribution in [2.45, 2.75) is 13.8 Å². The molecule has 0 bridgehead atoms. The van der Waals surface area contributed by atoms with Gasteiger partial charge in [0.2, 0.25) is 5.91 Å². The molecule has 0 atom stereocenters. The van der Waals surface area contributed by atoms with Crippen molar-refractivity contribution in [3.8, 4) is 5.75 Å². The first-order chi connectivity index (χ1) is 10.0. The first-order valence-corrected chi connectivity index (χ1v) is 7.00. The van der Waals surface area contributed by atoms with Crippen molar-refractivity contribution in [3.05, 3.63) is 29.6 Å². The van der Waals surface area contributed by atoms with Crippen molar-refractivity contribution in [2.24, 2.45) is 0 Å². The second-order valence-electron chi connectivity index (χ2n) is 4.88. The Morgan fingerprint density at radius 1 is 1.19 bits per heavy atom. The van der Waals surface area contributed by atoms with Crippen molar-refractivity contribution in [1.82, 2.24) is 9.80 Å². The molecule has 0 spiro atoms. The molecule has 2 amide bonds. The quantitative estimate of drug-likeness (QED) is 0.849. The molecule has 0 unspecified atom stereocenters. The van der Waals surface area contributed by atoms with Crippen LogP contribution in [0.25, 0.3) is 0 Å². The number of hydrogen-bond donors (Lipinski definition) is 0. The molecule has 21 heavy (non-hydrogen) atoms. The summed E-state index contributed by atoms with van der Waals surface area (Å²) in [6.45, 7) is 5.62. The maximum Gasteiger partial charge on any atom is 0.254 e. The van der Waals surface area contributed by atoms with E-state index in [0.29, 0.717) is 38.3 Å². The number of benzene rings is 1. The topological polar surface area (TPSA) is 49.9 Å². The summed E-state index contributed by atoms with van der Waals surface area (Å²) in [7, 11) is 0. The van der Waals surface area contributed by atoms with E-state index < -0.39 is 5.82 Å². The smallest absolute Gasteiger partial charge is 0.254 e. The van der Waals surface area contributed by atoms with Gasteiger partial charge in [0.15, 0.2) is 11.6 Å². The largest absolute Gasteiger partial charge is 0.491 e. The maximum absolute atomic E-state index is 13.8. The molecule has 114 valence electrons. The first-order valence-electron chi connectivity index (χ1n) is 7.00. The van der Waals surface area contributed by atoms with Crippen molar-refractivity contribution >= 4 is 11.8 Å². The zero-order chi connectivity index (χ0) is 15.4. The van der Waals surface area contributed by atoms with E-state index in [2.05, 4.69) is 0 Å². The van der Waals surface area contributed by atoms with Crippen molar-refractivity contribution in [3.63, 3.8) is 0 Å². The molecule has 1 fully saturated rings. The van der Waals surface area contributed by atoms with Gasteiger partial charge in [-0.05, 0) is 25.1 Å². The number of nitrogens with zero attached hydrogens (tertiary/aromatic N) is 2. The Labute approximate surface area is 123 Å². The summed E-state index contributed by atoms with van der Waals surface area (Å²) in [5.41, 5.74) is 0.298. The molecule has 1 saturated heterocycles. The summed E-state index contributed by atoms with van der Waals surface area (Å²) in [6, 6.07) is 4.23. The van der Waals surface area contributed by atoms with Gasteiger partial charge in [-0.2, -0.15) is 0 Å². The molecular formula is C15H19FN2O3. The number of hydrogen-bond acceptors (Lipinski definition) is 3. The van der Waals surface area contributed by atoms with E-state index in [-0.39, 0.29) is 17.6 Å². The van der Waals surface area contributed by atoms with E-state index in [0.717, 1.165) is 0 Å². The lowest BCUT2D eigenvalue weighted by Crippen LogP contribution is -2.50. The molecule has 5 nitrogen and oxygen atoms in total. The average molecular weight is 294 g/mol. The molecule has 1 aliphatic heterocycles.